The number of para-hydroxylation sites is 1. The Labute approximate surface area is 209 Å². The molecule has 35 heavy (non-hydrogen) atoms. The summed E-state index contributed by atoms with van der Waals surface area (Å²) in [6.45, 7) is 6.24. The van der Waals surface area contributed by atoms with E-state index >= 15 is 0 Å². The van der Waals surface area contributed by atoms with Crippen LogP contribution < -0.4 is 10.1 Å². The number of benzene rings is 3. The minimum Gasteiger partial charge on any atom is -0.491 e. The highest BCUT2D eigenvalue weighted by molar-refractivity contribution is 7.97. The number of fused-ring (bicyclic) bond motifs is 1. The van der Waals surface area contributed by atoms with Gasteiger partial charge >= 0.3 is 6.03 Å². The molecule has 3 aromatic carbocycles. The number of imide groups is 1. The number of carbonyl (C=O) groups is 2. The Bertz CT molecular complexity index is 1340. The van der Waals surface area contributed by atoms with Crippen molar-refractivity contribution in [1.29, 1.82) is 0 Å². The SMILES string of the molecule is CCN(Sc1ccccc1)C(=O)NC(=O)c1cc(-c2cccc(OC(C)C)c2)nc2ccccc12. The number of hydrogen-bond donors (Lipinski definition) is 1. The molecule has 0 saturated carbocycles. The molecule has 6 nitrogen and oxygen atoms in total. The third kappa shape index (κ3) is 6.00. The first kappa shape index (κ1) is 24.3. The lowest BCUT2D eigenvalue weighted by Crippen LogP contribution is -2.39. The summed E-state index contributed by atoms with van der Waals surface area (Å²) in [5, 5.41) is 3.23. The zero-order chi connectivity index (χ0) is 24.8. The largest absolute Gasteiger partial charge is 0.491 e. The predicted molar refractivity (Wildman–Crippen MR) is 140 cm³/mol. The minimum atomic E-state index is -0.475. The summed E-state index contributed by atoms with van der Waals surface area (Å²) in [6, 6.07) is 25.8. The lowest BCUT2D eigenvalue weighted by atomic mass is 10.0. The molecule has 1 aromatic heterocycles. The van der Waals surface area contributed by atoms with Crippen molar-refractivity contribution in [1.82, 2.24) is 14.6 Å². The van der Waals surface area contributed by atoms with Gasteiger partial charge in [-0.2, -0.15) is 0 Å². The maximum atomic E-state index is 13.3. The lowest BCUT2D eigenvalue weighted by Gasteiger charge is -2.19. The summed E-state index contributed by atoms with van der Waals surface area (Å²) in [4.78, 5) is 31.9. The average Bonchev–Trinajstić information content (AvgIpc) is 2.86. The summed E-state index contributed by atoms with van der Waals surface area (Å²) in [5.74, 6) is 0.252. The van der Waals surface area contributed by atoms with Gasteiger partial charge in [0.05, 0.1) is 22.9 Å². The maximum absolute atomic E-state index is 13.3. The van der Waals surface area contributed by atoms with Crippen molar-refractivity contribution >= 4 is 34.8 Å². The van der Waals surface area contributed by atoms with Crippen molar-refractivity contribution in [2.75, 3.05) is 6.54 Å². The fraction of sp³-hybridized carbons (Fsp3) is 0.179. The van der Waals surface area contributed by atoms with Gasteiger partial charge in [-0.1, -0.05) is 48.5 Å². The van der Waals surface area contributed by atoms with Crippen molar-refractivity contribution in [3.8, 4) is 17.0 Å². The summed E-state index contributed by atoms with van der Waals surface area (Å²) in [7, 11) is 0. The number of pyridine rings is 1. The van der Waals surface area contributed by atoms with E-state index in [9.17, 15) is 9.59 Å². The number of carbonyl (C=O) groups excluding carboxylic acids is 2. The van der Waals surface area contributed by atoms with E-state index in [4.69, 9.17) is 9.72 Å². The zero-order valence-electron chi connectivity index (χ0n) is 19.9. The Kier molecular flexibility index (Phi) is 7.67. The second kappa shape index (κ2) is 11.1. The van der Waals surface area contributed by atoms with Crippen LogP contribution >= 0.6 is 11.9 Å². The maximum Gasteiger partial charge on any atom is 0.334 e. The van der Waals surface area contributed by atoms with Crippen LogP contribution in [0.3, 0.4) is 0 Å². The molecule has 0 bridgehead atoms. The molecule has 0 aliphatic carbocycles. The van der Waals surface area contributed by atoms with Gasteiger partial charge in [0.25, 0.3) is 5.91 Å². The molecular weight excluding hydrogens is 458 g/mol. The van der Waals surface area contributed by atoms with Gasteiger partial charge in [0.2, 0.25) is 0 Å². The summed E-state index contributed by atoms with van der Waals surface area (Å²) in [5.41, 5.74) is 2.50. The molecule has 0 atom stereocenters. The third-order valence-electron chi connectivity index (χ3n) is 5.16. The summed E-state index contributed by atoms with van der Waals surface area (Å²) >= 11 is 1.29. The van der Waals surface area contributed by atoms with E-state index < -0.39 is 11.9 Å². The van der Waals surface area contributed by atoms with E-state index in [2.05, 4.69) is 5.32 Å². The van der Waals surface area contributed by atoms with Crippen LogP contribution in [-0.2, 0) is 0 Å². The first-order valence-electron chi connectivity index (χ1n) is 11.5. The Balaban J connectivity index is 1.64. The molecule has 1 heterocycles. The average molecular weight is 486 g/mol. The smallest absolute Gasteiger partial charge is 0.334 e. The van der Waals surface area contributed by atoms with Crippen LogP contribution in [0.2, 0.25) is 0 Å². The van der Waals surface area contributed by atoms with Gasteiger partial charge in [-0.05, 0) is 69.1 Å². The molecular formula is C28H27N3O3S. The Morgan fingerprint density at radius 3 is 2.46 bits per heavy atom. The highest BCUT2D eigenvalue weighted by Gasteiger charge is 2.20. The van der Waals surface area contributed by atoms with Crippen molar-refractivity contribution in [2.45, 2.75) is 31.8 Å². The van der Waals surface area contributed by atoms with Crippen molar-refractivity contribution in [3.63, 3.8) is 0 Å². The molecule has 0 radical (unpaired) electrons. The van der Waals surface area contributed by atoms with E-state index in [1.54, 1.807) is 6.07 Å². The van der Waals surface area contributed by atoms with Gasteiger partial charge in [-0.3, -0.25) is 14.4 Å². The van der Waals surface area contributed by atoms with Crippen LogP contribution in [0.15, 0.2) is 89.8 Å². The molecule has 4 aromatic rings. The third-order valence-corrected chi connectivity index (χ3v) is 6.28. The van der Waals surface area contributed by atoms with Gasteiger partial charge in [-0.15, -0.1) is 0 Å². The van der Waals surface area contributed by atoms with Gasteiger partial charge in [-0.25, -0.2) is 9.78 Å². The number of ether oxygens (including phenoxy) is 1. The van der Waals surface area contributed by atoms with Gasteiger partial charge in [0, 0.05) is 22.4 Å². The van der Waals surface area contributed by atoms with Gasteiger partial charge in [0.1, 0.15) is 5.75 Å². The number of urea groups is 1. The Morgan fingerprint density at radius 2 is 1.71 bits per heavy atom. The van der Waals surface area contributed by atoms with Crippen LogP contribution in [0.4, 0.5) is 4.79 Å². The van der Waals surface area contributed by atoms with Crippen LogP contribution in [0.1, 0.15) is 31.1 Å². The fourth-order valence-electron chi connectivity index (χ4n) is 3.60. The molecule has 0 aliphatic heterocycles. The van der Waals surface area contributed by atoms with Crippen LogP contribution in [0, 0.1) is 0 Å². The topological polar surface area (TPSA) is 71.5 Å². The van der Waals surface area contributed by atoms with E-state index in [-0.39, 0.29) is 6.10 Å². The van der Waals surface area contributed by atoms with E-state index in [0.29, 0.717) is 28.7 Å². The molecule has 4 rings (SSSR count). The van der Waals surface area contributed by atoms with E-state index in [1.807, 2.05) is 99.6 Å². The number of aromatic nitrogens is 1. The van der Waals surface area contributed by atoms with Crippen LogP contribution in [0.25, 0.3) is 22.2 Å². The zero-order valence-corrected chi connectivity index (χ0v) is 20.7. The summed E-state index contributed by atoms with van der Waals surface area (Å²) < 4.78 is 7.34. The highest BCUT2D eigenvalue weighted by atomic mass is 32.2. The van der Waals surface area contributed by atoms with Crippen LogP contribution in [-0.4, -0.2) is 33.9 Å². The molecule has 0 saturated heterocycles. The van der Waals surface area contributed by atoms with Crippen molar-refractivity contribution < 1.29 is 14.3 Å². The monoisotopic (exact) mass is 485 g/mol. The highest BCUT2D eigenvalue weighted by Crippen LogP contribution is 2.28. The molecule has 0 spiro atoms. The number of rotatable bonds is 7. The summed E-state index contributed by atoms with van der Waals surface area (Å²) in [6.07, 6.45) is 0.0393. The van der Waals surface area contributed by atoms with Crippen LogP contribution in [0.5, 0.6) is 5.75 Å². The number of amides is 3. The minimum absolute atomic E-state index is 0.0393. The second-order valence-corrected chi connectivity index (χ2v) is 9.22. The van der Waals surface area contributed by atoms with Crippen molar-refractivity contribution in [3.05, 3.63) is 90.5 Å². The Morgan fingerprint density at radius 1 is 0.971 bits per heavy atom. The number of nitrogens with one attached hydrogen (secondary N) is 1. The van der Waals surface area contributed by atoms with Crippen molar-refractivity contribution in [2.24, 2.45) is 0 Å². The van der Waals surface area contributed by atoms with E-state index in [1.165, 1.54) is 16.3 Å². The molecule has 0 fully saturated rings. The number of nitrogens with zero attached hydrogens (tertiary/aromatic N) is 2. The van der Waals surface area contributed by atoms with E-state index in [0.717, 1.165) is 16.2 Å². The lowest BCUT2D eigenvalue weighted by molar-refractivity contribution is 0.0961. The molecule has 0 unspecified atom stereocenters. The fourth-order valence-corrected chi connectivity index (χ4v) is 4.39. The van der Waals surface area contributed by atoms with Gasteiger partial charge in [0.15, 0.2) is 0 Å². The molecule has 7 heteroatoms. The number of hydrogen-bond acceptors (Lipinski definition) is 5. The molecule has 178 valence electrons. The first-order valence-corrected chi connectivity index (χ1v) is 12.2. The normalized spacial score (nSPS) is 10.9. The quantitative estimate of drug-likeness (QED) is 0.300. The predicted octanol–water partition coefficient (Wildman–Crippen LogP) is 6.57. The Hall–Kier alpha value is -3.84. The molecule has 3 amide bonds. The molecule has 0 aliphatic rings. The standard InChI is InChI=1S/C28H27N3O3S/c1-4-31(35-22-13-6-5-7-14-22)28(33)30-27(32)24-18-26(29-25-16-9-8-15-23(24)25)20-11-10-12-21(17-20)34-19(2)3/h5-19H,4H2,1-3H3,(H,30,32,33). The van der Waals surface area contributed by atoms with Gasteiger partial charge < -0.3 is 4.74 Å². The molecule has 1 N–H and O–H groups in total. The first-order chi connectivity index (χ1) is 16.9. The second-order valence-electron chi connectivity index (χ2n) is 8.12.